The average Bonchev–Trinajstić information content (AvgIpc) is 3.10. The number of carbonyl (C=O) groups excluding carboxylic acids is 1. The second kappa shape index (κ2) is 7.14. The lowest BCUT2D eigenvalue weighted by Crippen LogP contribution is -2.23. The van der Waals surface area contributed by atoms with E-state index in [1.165, 1.54) is 0 Å². The highest BCUT2D eigenvalue weighted by atomic mass is 35.5. The number of hydrogen-bond donors (Lipinski definition) is 1. The van der Waals surface area contributed by atoms with Crippen molar-refractivity contribution in [1.82, 2.24) is 15.5 Å². The average molecular weight is 344 g/mol. The number of amides is 1. The van der Waals surface area contributed by atoms with E-state index in [4.69, 9.17) is 20.8 Å². The summed E-state index contributed by atoms with van der Waals surface area (Å²) >= 11 is 5.84. The maximum Gasteiger partial charge on any atom is 0.309 e. The van der Waals surface area contributed by atoms with Crippen molar-refractivity contribution in [1.29, 1.82) is 0 Å². The fourth-order valence-corrected chi connectivity index (χ4v) is 2.25. The summed E-state index contributed by atoms with van der Waals surface area (Å²) in [5.74, 6) is 0.405. The highest BCUT2D eigenvalue weighted by molar-refractivity contribution is 6.30. The van der Waals surface area contributed by atoms with Crippen molar-refractivity contribution in [2.24, 2.45) is 0 Å². The summed E-state index contributed by atoms with van der Waals surface area (Å²) in [5, 5.41) is 11.0. The Labute approximate surface area is 143 Å². The first kappa shape index (κ1) is 16.0. The second-order valence-corrected chi connectivity index (χ2v) is 5.35. The third-order valence-corrected chi connectivity index (χ3v) is 3.59. The summed E-state index contributed by atoms with van der Waals surface area (Å²) in [6.07, 6.45) is 0. The minimum Gasteiger partial charge on any atom is -0.496 e. The number of nitrogens with one attached hydrogen (secondary N) is 1. The Bertz CT molecular complexity index is 846. The molecule has 2 aromatic carbocycles. The summed E-state index contributed by atoms with van der Waals surface area (Å²) in [5.41, 5.74) is 1.54. The number of carbonyl (C=O) groups is 1. The van der Waals surface area contributed by atoms with Crippen LogP contribution in [0.1, 0.15) is 16.2 Å². The molecule has 0 unspecified atom stereocenters. The molecule has 1 N–H and O–H groups in total. The number of benzene rings is 2. The van der Waals surface area contributed by atoms with E-state index in [1.54, 1.807) is 31.4 Å². The van der Waals surface area contributed by atoms with Gasteiger partial charge in [0.25, 0.3) is 0 Å². The van der Waals surface area contributed by atoms with Gasteiger partial charge in [0.2, 0.25) is 5.89 Å². The molecule has 0 radical (unpaired) electrons. The van der Waals surface area contributed by atoms with E-state index in [1.807, 2.05) is 24.3 Å². The number of halogens is 1. The van der Waals surface area contributed by atoms with Crippen molar-refractivity contribution in [3.63, 3.8) is 0 Å². The lowest BCUT2D eigenvalue weighted by Gasteiger charge is -2.08. The molecule has 0 aliphatic carbocycles. The van der Waals surface area contributed by atoms with Crippen LogP contribution in [0.2, 0.25) is 5.02 Å². The zero-order valence-electron chi connectivity index (χ0n) is 12.8. The predicted molar refractivity (Wildman–Crippen MR) is 88.9 cm³/mol. The molecule has 24 heavy (non-hydrogen) atoms. The van der Waals surface area contributed by atoms with Crippen molar-refractivity contribution < 1.29 is 13.9 Å². The van der Waals surface area contributed by atoms with Crippen LogP contribution in [0, 0.1) is 0 Å². The van der Waals surface area contributed by atoms with Crippen LogP contribution in [-0.4, -0.2) is 23.2 Å². The van der Waals surface area contributed by atoms with Crippen LogP contribution in [0.4, 0.5) is 0 Å². The highest BCUT2D eigenvalue weighted by Gasteiger charge is 2.16. The number of ether oxygens (including phenoxy) is 1. The zero-order chi connectivity index (χ0) is 16.9. The van der Waals surface area contributed by atoms with Crippen molar-refractivity contribution in [3.8, 4) is 17.2 Å². The summed E-state index contributed by atoms with van der Waals surface area (Å²) < 4.78 is 10.6. The Balaban J connectivity index is 1.69. The molecule has 6 nitrogen and oxygen atoms in total. The third-order valence-electron chi connectivity index (χ3n) is 3.34. The Morgan fingerprint density at radius 2 is 1.92 bits per heavy atom. The molecular formula is C17H14ClN3O3. The first-order valence-electron chi connectivity index (χ1n) is 7.17. The van der Waals surface area contributed by atoms with Gasteiger partial charge in [0.1, 0.15) is 5.75 Å². The molecule has 0 atom stereocenters. The van der Waals surface area contributed by atoms with Gasteiger partial charge in [0.05, 0.1) is 7.11 Å². The van der Waals surface area contributed by atoms with Crippen molar-refractivity contribution in [2.45, 2.75) is 6.54 Å². The fourth-order valence-electron chi connectivity index (χ4n) is 2.12. The van der Waals surface area contributed by atoms with E-state index in [9.17, 15) is 4.79 Å². The first-order chi connectivity index (χ1) is 11.7. The SMILES string of the molecule is COc1ccccc1CNC(=O)c1nnc(-c2ccc(Cl)cc2)o1. The lowest BCUT2D eigenvalue weighted by atomic mass is 10.2. The van der Waals surface area contributed by atoms with Gasteiger partial charge in [0.15, 0.2) is 0 Å². The molecule has 0 bridgehead atoms. The molecule has 7 heteroatoms. The number of para-hydroxylation sites is 1. The molecule has 0 fully saturated rings. The molecule has 1 aromatic heterocycles. The van der Waals surface area contributed by atoms with Crippen LogP contribution < -0.4 is 10.1 Å². The topological polar surface area (TPSA) is 77.2 Å². The standard InChI is InChI=1S/C17H14ClN3O3/c1-23-14-5-3-2-4-12(14)10-19-15(22)17-21-20-16(24-17)11-6-8-13(18)9-7-11/h2-9H,10H2,1H3,(H,19,22). The second-order valence-electron chi connectivity index (χ2n) is 4.91. The normalized spacial score (nSPS) is 10.4. The number of rotatable bonds is 5. The molecule has 1 amide bonds. The smallest absolute Gasteiger partial charge is 0.309 e. The molecule has 3 rings (SSSR count). The lowest BCUT2D eigenvalue weighted by molar-refractivity contribution is 0.0916. The summed E-state index contributed by atoms with van der Waals surface area (Å²) in [6.45, 7) is 0.293. The van der Waals surface area contributed by atoms with Gasteiger partial charge in [0, 0.05) is 22.7 Å². The fraction of sp³-hybridized carbons (Fsp3) is 0.118. The molecule has 1 heterocycles. The van der Waals surface area contributed by atoms with Gasteiger partial charge in [-0.05, 0) is 30.3 Å². The van der Waals surface area contributed by atoms with Crippen LogP contribution in [-0.2, 0) is 6.54 Å². The summed E-state index contributed by atoms with van der Waals surface area (Å²) in [4.78, 5) is 12.1. The van der Waals surface area contributed by atoms with E-state index in [0.717, 1.165) is 5.56 Å². The molecule has 3 aromatic rings. The molecule has 0 saturated heterocycles. The predicted octanol–water partition coefficient (Wildman–Crippen LogP) is 3.33. The maximum atomic E-state index is 12.1. The summed E-state index contributed by atoms with van der Waals surface area (Å²) in [7, 11) is 1.58. The van der Waals surface area contributed by atoms with Crippen LogP contribution in [0.5, 0.6) is 5.75 Å². The Kier molecular flexibility index (Phi) is 4.77. The van der Waals surface area contributed by atoms with Crippen LogP contribution in [0.25, 0.3) is 11.5 Å². The molecule has 0 spiro atoms. The minimum atomic E-state index is -0.450. The molecule has 122 valence electrons. The van der Waals surface area contributed by atoms with Crippen LogP contribution in [0.15, 0.2) is 52.9 Å². The van der Waals surface area contributed by atoms with Crippen LogP contribution in [0.3, 0.4) is 0 Å². The minimum absolute atomic E-state index is 0.102. The Morgan fingerprint density at radius 1 is 1.17 bits per heavy atom. The van der Waals surface area contributed by atoms with E-state index < -0.39 is 5.91 Å². The third kappa shape index (κ3) is 3.55. The van der Waals surface area contributed by atoms with Gasteiger partial charge in [-0.1, -0.05) is 29.8 Å². The molecule has 0 aliphatic heterocycles. The summed E-state index contributed by atoms with van der Waals surface area (Å²) in [6, 6.07) is 14.3. The quantitative estimate of drug-likeness (QED) is 0.768. The monoisotopic (exact) mass is 343 g/mol. The molecular weight excluding hydrogens is 330 g/mol. The van der Waals surface area contributed by atoms with E-state index in [0.29, 0.717) is 22.9 Å². The maximum absolute atomic E-state index is 12.1. The van der Waals surface area contributed by atoms with E-state index in [2.05, 4.69) is 15.5 Å². The number of hydrogen-bond acceptors (Lipinski definition) is 5. The van der Waals surface area contributed by atoms with Crippen molar-refractivity contribution in [2.75, 3.05) is 7.11 Å². The number of methoxy groups -OCH3 is 1. The van der Waals surface area contributed by atoms with Gasteiger partial charge in [-0.3, -0.25) is 4.79 Å². The Hall–Kier alpha value is -2.86. The number of nitrogens with zero attached hydrogens (tertiary/aromatic N) is 2. The van der Waals surface area contributed by atoms with E-state index >= 15 is 0 Å². The van der Waals surface area contributed by atoms with Crippen LogP contribution >= 0.6 is 11.6 Å². The Morgan fingerprint density at radius 3 is 2.67 bits per heavy atom. The van der Waals surface area contributed by atoms with Crippen molar-refractivity contribution >= 4 is 17.5 Å². The van der Waals surface area contributed by atoms with Crippen molar-refractivity contribution in [3.05, 3.63) is 65.0 Å². The van der Waals surface area contributed by atoms with Gasteiger partial charge in [-0.25, -0.2) is 0 Å². The molecule has 0 aliphatic rings. The highest BCUT2D eigenvalue weighted by Crippen LogP contribution is 2.20. The zero-order valence-corrected chi connectivity index (χ0v) is 13.6. The van der Waals surface area contributed by atoms with E-state index in [-0.39, 0.29) is 11.8 Å². The molecule has 0 saturated carbocycles. The van der Waals surface area contributed by atoms with Gasteiger partial charge >= 0.3 is 11.8 Å². The first-order valence-corrected chi connectivity index (χ1v) is 7.54. The van der Waals surface area contributed by atoms with Gasteiger partial charge < -0.3 is 14.5 Å². The van der Waals surface area contributed by atoms with Gasteiger partial charge in [-0.15, -0.1) is 10.2 Å². The largest absolute Gasteiger partial charge is 0.496 e. The van der Waals surface area contributed by atoms with Gasteiger partial charge in [-0.2, -0.15) is 0 Å². The number of aromatic nitrogens is 2.